The van der Waals surface area contributed by atoms with Crippen molar-refractivity contribution in [2.24, 2.45) is 28.0 Å². The molecule has 0 unspecified atom stereocenters. The van der Waals surface area contributed by atoms with E-state index in [1.54, 1.807) is 0 Å². The Kier molecular flexibility index (Phi) is 36.6. The Balaban J connectivity index is -0.000000489. The lowest BCUT2D eigenvalue weighted by Gasteiger charge is -2.43. The monoisotopic (exact) mass is 645 g/mol. The number of nitrogens with zero attached hydrogens (tertiary/aromatic N) is 3. The lowest BCUT2D eigenvalue weighted by molar-refractivity contribution is 0.0989. The van der Waals surface area contributed by atoms with Crippen molar-refractivity contribution in [3.63, 3.8) is 0 Å². The molecule has 0 bridgehead atoms. The third-order valence-electron chi connectivity index (χ3n) is 8.19. The molecule has 276 valence electrons. The minimum Gasteiger partial charge on any atom is -0.329 e. The Hall–Kier alpha value is -0.320. The second-order valence-electron chi connectivity index (χ2n) is 14.8. The largest absolute Gasteiger partial charge is 0.329 e. The van der Waals surface area contributed by atoms with E-state index >= 15 is 0 Å². The number of rotatable bonds is 11. The molecule has 1 saturated carbocycles. The van der Waals surface area contributed by atoms with Crippen LogP contribution in [0.5, 0.6) is 0 Å². The summed E-state index contributed by atoms with van der Waals surface area (Å²) < 4.78 is 0. The predicted molar refractivity (Wildman–Crippen MR) is 205 cm³/mol. The van der Waals surface area contributed by atoms with Crippen LogP contribution in [0.1, 0.15) is 126 Å². The van der Waals surface area contributed by atoms with Crippen molar-refractivity contribution in [1.29, 1.82) is 0 Å². The van der Waals surface area contributed by atoms with E-state index in [1.807, 2.05) is 27.9 Å². The van der Waals surface area contributed by atoms with Gasteiger partial charge in [0, 0.05) is 32.2 Å². The third kappa shape index (κ3) is 36.4. The first kappa shape index (κ1) is 49.1. The van der Waals surface area contributed by atoms with Crippen LogP contribution < -0.4 is 27.8 Å². The minimum absolute atomic E-state index is 0.425. The SMILES string of the molecule is CC.CC1(C)CC(N)CC(C)(C)C1.CCCCNC.CNCCCN(C)C.NCCN1CCCCC1.NCCN1CCCCC1. The fourth-order valence-electron chi connectivity index (χ4n) is 6.59. The van der Waals surface area contributed by atoms with Crippen molar-refractivity contribution in [2.75, 3.05) is 100 Å². The van der Waals surface area contributed by atoms with Gasteiger partial charge in [0.25, 0.3) is 0 Å². The minimum atomic E-state index is 0.425. The number of nitrogens with one attached hydrogen (secondary N) is 2. The van der Waals surface area contributed by atoms with Gasteiger partial charge in [0.05, 0.1) is 0 Å². The predicted octanol–water partition coefficient (Wildman–Crippen LogP) is 5.60. The van der Waals surface area contributed by atoms with Crippen molar-refractivity contribution in [2.45, 2.75) is 132 Å². The van der Waals surface area contributed by atoms with Crippen molar-refractivity contribution in [3.8, 4) is 0 Å². The van der Waals surface area contributed by atoms with Gasteiger partial charge in [0.15, 0.2) is 0 Å². The molecule has 3 aliphatic rings. The summed E-state index contributed by atoms with van der Waals surface area (Å²) in [6, 6.07) is 0.425. The molecule has 0 spiro atoms. The third-order valence-corrected chi connectivity index (χ3v) is 8.19. The standard InChI is InChI=1S/C10H21N.2C7H16N2.C6H16N2.C5H13N.C2H6/c1-9(2)5-8(11)6-10(3,4)7-9;2*8-4-7-9-5-2-1-3-6-9;1-7-5-4-6-8(2)3;1-3-4-5-6-2;1-2/h8H,5-7,11H2,1-4H3;2*1-8H2;7H,4-6H2,1-3H3;6H,3-5H2,1-2H3;1-2H3. The maximum Gasteiger partial charge on any atom is 0.0105 e. The van der Waals surface area contributed by atoms with Gasteiger partial charge in [-0.15, -0.1) is 0 Å². The van der Waals surface area contributed by atoms with Gasteiger partial charge in [-0.05, 0) is 143 Å². The van der Waals surface area contributed by atoms with Crippen LogP contribution in [0.25, 0.3) is 0 Å². The average Bonchev–Trinajstić information content (AvgIpc) is 2.98. The molecule has 2 aliphatic heterocycles. The summed E-state index contributed by atoms with van der Waals surface area (Å²) in [6.45, 7) is 27.9. The van der Waals surface area contributed by atoms with E-state index in [1.165, 1.54) is 110 Å². The summed E-state index contributed by atoms with van der Waals surface area (Å²) in [5.41, 5.74) is 17.7. The van der Waals surface area contributed by atoms with Gasteiger partial charge < -0.3 is 42.5 Å². The Bertz CT molecular complexity index is 513. The molecular weight excluding hydrogens is 556 g/mol. The Morgan fingerprint density at radius 3 is 1.33 bits per heavy atom. The maximum atomic E-state index is 5.99. The highest BCUT2D eigenvalue weighted by Crippen LogP contribution is 2.44. The van der Waals surface area contributed by atoms with Gasteiger partial charge in [-0.2, -0.15) is 0 Å². The average molecular weight is 645 g/mol. The summed E-state index contributed by atoms with van der Waals surface area (Å²) >= 11 is 0. The Morgan fingerprint density at radius 2 is 1.07 bits per heavy atom. The van der Waals surface area contributed by atoms with E-state index in [0.29, 0.717) is 16.9 Å². The maximum absolute atomic E-state index is 5.99. The molecule has 0 radical (unpaired) electrons. The number of hydrogen-bond donors (Lipinski definition) is 5. The fourth-order valence-corrected chi connectivity index (χ4v) is 6.59. The highest BCUT2D eigenvalue weighted by Gasteiger charge is 2.36. The molecule has 0 amide bonds. The summed E-state index contributed by atoms with van der Waals surface area (Å²) in [4.78, 5) is 7.09. The smallest absolute Gasteiger partial charge is 0.0105 e. The fraction of sp³-hybridized carbons (Fsp3) is 1.00. The molecule has 0 aromatic carbocycles. The van der Waals surface area contributed by atoms with Crippen LogP contribution in [0, 0.1) is 10.8 Å². The molecule has 0 atom stereocenters. The quantitative estimate of drug-likeness (QED) is 0.185. The van der Waals surface area contributed by atoms with E-state index in [2.05, 4.69) is 74.0 Å². The molecule has 3 fully saturated rings. The first-order valence-corrected chi connectivity index (χ1v) is 18.9. The second-order valence-corrected chi connectivity index (χ2v) is 14.8. The molecule has 8 nitrogen and oxygen atoms in total. The zero-order chi connectivity index (χ0) is 35.0. The number of hydrogen-bond acceptors (Lipinski definition) is 8. The van der Waals surface area contributed by atoms with Gasteiger partial charge in [-0.25, -0.2) is 0 Å². The molecule has 8 heteroatoms. The second kappa shape index (κ2) is 33.6. The normalized spacial score (nSPS) is 19.5. The van der Waals surface area contributed by atoms with Gasteiger partial charge >= 0.3 is 0 Å². The highest BCUT2D eigenvalue weighted by atomic mass is 15.1. The van der Waals surface area contributed by atoms with Gasteiger partial charge in [0.1, 0.15) is 0 Å². The van der Waals surface area contributed by atoms with E-state index in [4.69, 9.17) is 17.2 Å². The highest BCUT2D eigenvalue weighted by molar-refractivity contribution is 4.90. The van der Waals surface area contributed by atoms with E-state index in [0.717, 1.165) is 39.3 Å². The number of nitrogens with two attached hydrogens (primary N) is 3. The summed E-state index contributed by atoms with van der Waals surface area (Å²) in [6.07, 6.45) is 15.9. The zero-order valence-electron chi connectivity index (χ0n) is 32.9. The Labute approximate surface area is 284 Å². The molecule has 45 heavy (non-hydrogen) atoms. The van der Waals surface area contributed by atoms with Crippen LogP contribution in [-0.2, 0) is 0 Å². The zero-order valence-corrected chi connectivity index (χ0v) is 32.9. The van der Waals surface area contributed by atoms with Crippen molar-refractivity contribution < 1.29 is 0 Å². The molecule has 1 aliphatic carbocycles. The van der Waals surface area contributed by atoms with E-state index in [-0.39, 0.29) is 0 Å². The van der Waals surface area contributed by atoms with E-state index in [9.17, 15) is 0 Å². The lowest BCUT2D eigenvalue weighted by Crippen LogP contribution is -2.40. The van der Waals surface area contributed by atoms with Crippen LogP contribution in [0.2, 0.25) is 0 Å². The van der Waals surface area contributed by atoms with Crippen LogP contribution in [0.3, 0.4) is 0 Å². The van der Waals surface area contributed by atoms with Gasteiger partial charge in [0.2, 0.25) is 0 Å². The van der Waals surface area contributed by atoms with Crippen LogP contribution in [-0.4, -0.2) is 121 Å². The van der Waals surface area contributed by atoms with E-state index < -0.39 is 0 Å². The first-order chi connectivity index (χ1) is 21.4. The Morgan fingerprint density at radius 1 is 0.689 bits per heavy atom. The lowest BCUT2D eigenvalue weighted by atomic mass is 9.64. The molecule has 2 saturated heterocycles. The van der Waals surface area contributed by atoms with Crippen LogP contribution in [0.4, 0.5) is 0 Å². The summed E-state index contributed by atoms with van der Waals surface area (Å²) in [5.74, 6) is 0. The number of piperidine rings is 2. The topological polar surface area (TPSA) is 112 Å². The molecule has 0 aromatic rings. The van der Waals surface area contributed by atoms with Crippen molar-refractivity contribution in [3.05, 3.63) is 0 Å². The van der Waals surface area contributed by atoms with Crippen molar-refractivity contribution >= 4 is 0 Å². The molecule has 0 aromatic heterocycles. The molecule has 2 heterocycles. The summed E-state index contributed by atoms with van der Waals surface area (Å²) in [5, 5.41) is 6.16. The van der Waals surface area contributed by atoms with Crippen molar-refractivity contribution in [1.82, 2.24) is 25.3 Å². The van der Waals surface area contributed by atoms with Crippen LogP contribution in [0.15, 0.2) is 0 Å². The number of likely N-dealkylation sites (tertiary alicyclic amines) is 2. The number of unbranched alkanes of at least 4 members (excludes halogenated alkanes) is 1. The molecular formula is C37H88N8. The van der Waals surface area contributed by atoms with Gasteiger partial charge in [-0.1, -0.05) is 67.7 Å². The first-order valence-electron chi connectivity index (χ1n) is 18.9. The molecule has 3 rings (SSSR count). The summed E-state index contributed by atoms with van der Waals surface area (Å²) in [7, 11) is 8.15. The molecule has 8 N–H and O–H groups in total. The van der Waals surface area contributed by atoms with Gasteiger partial charge in [-0.3, -0.25) is 0 Å². The van der Waals surface area contributed by atoms with Crippen LogP contribution >= 0.6 is 0 Å².